The highest BCUT2D eigenvalue weighted by Gasteiger charge is 2.30. The topological polar surface area (TPSA) is 176 Å². The molecule has 4 rings (SSSR count). The van der Waals surface area contributed by atoms with Gasteiger partial charge in [-0.05, 0) is 25.0 Å². The van der Waals surface area contributed by atoms with Gasteiger partial charge < -0.3 is 26.0 Å². The van der Waals surface area contributed by atoms with Gasteiger partial charge in [-0.15, -0.1) is 0 Å². The first kappa shape index (κ1) is 29.2. The van der Waals surface area contributed by atoms with E-state index in [9.17, 15) is 14.4 Å². The van der Waals surface area contributed by atoms with Crippen LogP contribution in [0.15, 0.2) is 36.7 Å². The molecular weight excluding hydrogens is 523 g/mol. The van der Waals surface area contributed by atoms with Crippen LogP contribution in [0.3, 0.4) is 0 Å². The molecule has 1 saturated carbocycles. The van der Waals surface area contributed by atoms with E-state index in [1.54, 1.807) is 30.5 Å². The van der Waals surface area contributed by atoms with Gasteiger partial charge in [0.1, 0.15) is 17.9 Å². The van der Waals surface area contributed by atoms with Crippen LogP contribution in [0.4, 0.5) is 17.2 Å². The number of pyridine rings is 1. The van der Waals surface area contributed by atoms with Crippen molar-refractivity contribution in [3.63, 3.8) is 0 Å². The Morgan fingerprint density at radius 3 is 2.66 bits per heavy atom. The Labute approximate surface area is 240 Å². The standard InChI is InChI=1S/C25H24B3N9O4/c1-41-22-15(19-13-32-37(36-19)10-9-30-21(38)7-8-29)3-2-4-17(22)33-18-11-20(34-23(39)14-5-6-14)31-12-16(18)24(40)35-25(26,27)28/h2-4,11-14H,5-7,9-10H2,1H3,(H,30,38)(H,35,40)(H2,31,33,34,39). The Hall–Kier alpha value is -4.80. The van der Waals surface area contributed by atoms with Crippen molar-refractivity contribution in [2.24, 2.45) is 5.92 Å². The summed E-state index contributed by atoms with van der Waals surface area (Å²) in [5, 5.41) is 26.1. The predicted octanol–water partition coefficient (Wildman–Crippen LogP) is 0.317. The Bertz CT molecular complexity index is 1500. The second-order valence-electron chi connectivity index (χ2n) is 9.29. The molecule has 3 aromatic rings. The van der Waals surface area contributed by atoms with Gasteiger partial charge in [0, 0.05) is 30.3 Å². The highest BCUT2D eigenvalue weighted by atomic mass is 16.5. The third-order valence-electron chi connectivity index (χ3n) is 5.85. The van der Waals surface area contributed by atoms with Crippen LogP contribution in [0.5, 0.6) is 5.75 Å². The van der Waals surface area contributed by atoms with E-state index in [2.05, 4.69) is 36.4 Å². The second kappa shape index (κ2) is 12.6. The average Bonchev–Trinajstić information content (AvgIpc) is 3.66. The Morgan fingerprint density at radius 2 is 1.98 bits per heavy atom. The quantitative estimate of drug-likeness (QED) is 0.233. The zero-order valence-electron chi connectivity index (χ0n) is 22.2. The van der Waals surface area contributed by atoms with Gasteiger partial charge in [-0.2, -0.15) is 20.3 Å². The minimum Gasteiger partial charge on any atom is -0.494 e. The van der Waals surface area contributed by atoms with Crippen LogP contribution in [-0.4, -0.2) is 80.1 Å². The van der Waals surface area contributed by atoms with E-state index in [-0.39, 0.29) is 54.3 Å². The van der Waals surface area contributed by atoms with E-state index < -0.39 is 11.1 Å². The third kappa shape index (κ3) is 7.88. The number of nitrogens with one attached hydrogen (secondary N) is 4. The molecule has 1 aromatic carbocycles. The highest BCUT2D eigenvalue weighted by Crippen LogP contribution is 2.38. The fourth-order valence-corrected chi connectivity index (χ4v) is 3.81. The van der Waals surface area contributed by atoms with Gasteiger partial charge in [-0.3, -0.25) is 14.4 Å². The number of carbonyl (C=O) groups excluding carboxylic acids is 3. The molecule has 4 N–H and O–H groups in total. The van der Waals surface area contributed by atoms with Crippen molar-refractivity contribution in [3.05, 3.63) is 42.2 Å². The third-order valence-corrected chi connectivity index (χ3v) is 5.85. The number of para-hydroxylation sites is 1. The maximum absolute atomic E-state index is 12.9. The van der Waals surface area contributed by atoms with Crippen LogP contribution >= 0.6 is 0 Å². The van der Waals surface area contributed by atoms with Gasteiger partial charge in [0.15, 0.2) is 5.75 Å². The predicted molar refractivity (Wildman–Crippen MR) is 152 cm³/mol. The highest BCUT2D eigenvalue weighted by molar-refractivity contribution is 6.60. The van der Waals surface area contributed by atoms with Crippen LogP contribution in [0, 0.1) is 17.2 Å². The Kier molecular flexibility index (Phi) is 8.96. The fraction of sp³-hybridized carbons (Fsp3) is 0.320. The first-order chi connectivity index (χ1) is 19.6. The molecule has 0 aliphatic heterocycles. The molecule has 0 spiro atoms. The van der Waals surface area contributed by atoms with Crippen molar-refractivity contribution in [1.82, 2.24) is 30.6 Å². The number of ether oxygens (including phenoxy) is 1. The van der Waals surface area contributed by atoms with E-state index >= 15 is 0 Å². The molecule has 41 heavy (non-hydrogen) atoms. The van der Waals surface area contributed by atoms with Gasteiger partial charge in [0.2, 0.25) is 11.8 Å². The number of benzene rings is 1. The largest absolute Gasteiger partial charge is 0.494 e. The number of rotatable bonds is 12. The number of methoxy groups -OCH3 is 1. The molecule has 0 saturated heterocycles. The van der Waals surface area contributed by atoms with Gasteiger partial charge in [-0.25, -0.2) is 4.98 Å². The first-order valence-electron chi connectivity index (χ1n) is 12.6. The van der Waals surface area contributed by atoms with E-state index in [0.29, 0.717) is 22.7 Å². The maximum Gasteiger partial charge on any atom is 0.253 e. The zero-order valence-corrected chi connectivity index (χ0v) is 22.2. The van der Waals surface area contributed by atoms with E-state index in [1.807, 2.05) is 0 Å². The maximum atomic E-state index is 12.9. The lowest BCUT2D eigenvalue weighted by atomic mass is 9.49. The molecule has 2 heterocycles. The van der Waals surface area contributed by atoms with Gasteiger partial charge in [0.25, 0.3) is 5.91 Å². The second-order valence-corrected chi connectivity index (χ2v) is 9.29. The molecule has 202 valence electrons. The number of aromatic nitrogens is 4. The van der Waals surface area contributed by atoms with Crippen LogP contribution < -0.4 is 26.0 Å². The fourth-order valence-electron chi connectivity index (χ4n) is 3.81. The molecule has 0 bridgehead atoms. The summed E-state index contributed by atoms with van der Waals surface area (Å²) in [6.45, 7) is 0.530. The van der Waals surface area contributed by atoms with Crippen LogP contribution in [0.1, 0.15) is 29.6 Å². The summed E-state index contributed by atoms with van der Waals surface area (Å²) in [6, 6.07) is 8.54. The minimum absolute atomic E-state index is 0.0528. The van der Waals surface area contributed by atoms with Gasteiger partial charge in [-0.1, -0.05) is 11.3 Å². The summed E-state index contributed by atoms with van der Waals surface area (Å²) in [6.07, 6.45) is 4.21. The molecule has 2 aromatic heterocycles. The van der Waals surface area contributed by atoms with Crippen molar-refractivity contribution in [2.75, 3.05) is 24.3 Å². The molecule has 0 atom stereocenters. The van der Waals surface area contributed by atoms with Crippen molar-refractivity contribution < 1.29 is 19.1 Å². The number of nitriles is 1. The van der Waals surface area contributed by atoms with Crippen LogP contribution in [0.2, 0.25) is 0 Å². The molecule has 16 heteroatoms. The molecule has 6 radical (unpaired) electrons. The number of anilines is 3. The van der Waals surface area contributed by atoms with Gasteiger partial charge in [0.05, 0.1) is 66.4 Å². The van der Waals surface area contributed by atoms with Crippen molar-refractivity contribution in [3.8, 4) is 23.1 Å². The molecule has 3 amide bonds. The van der Waals surface area contributed by atoms with E-state index in [0.717, 1.165) is 12.8 Å². The molecule has 1 aliphatic rings. The summed E-state index contributed by atoms with van der Waals surface area (Å²) in [5.41, 5.74) is 1.85. The van der Waals surface area contributed by atoms with Crippen molar-refractivity contribution in [2.45, 2.75) is 31.0 Å². The molecular formula is C25H24B3N9O4. The average molecular weight is 547 g/mol. The van der Waals surface area contributed by atoms with Crippen molar-refractivity contribution in [1.29, 1.82) is 5.26 Å². The molecule has 1 aliphatic carbocycles. The Morgan fingerprint density at radius 1 is 1.20 bits per heavy atom. The number of carbonyl (C=O) groups is 3. The minimum atomic E-state index is -1.98. The normalized spacial score (nSPS) is 12.6. The lowest BCUT2D eigenvalue weighted by Gasteiger charge is -2.23. The monoisotopic (exact) mass is 547 g/mol. The molecule has 0 unspecified atom stereocenters. The number of nitrogens with zero attached hydrogens (tertiary/aromatic N) is 5. The lowest BCUT2D eigenvalue weighted by molar-refractivity contribution is -0.120. The first-order valence-corrected chi connectivity index (χ1v) is 12.6. The zero-order chi connectivity index (χ0) is 29.6. The van der Waals surface area contributed by atoms with Gasteiger partial charge >= 0.3 is 0 Å². The SMILES string of the molecule is [B]C([B])([B])NC(=O)c1cnc(NC(=O)C2CC2)cc1Nc1cccc(-c2cnn(CCNC(=O)CC#N)n2)c1OC. The number of amides is 3. The lowest BCUT2D eigenvalue weighted by Crippen LogP contribution is -2.50. The number of hydrogen-bond donors (Lipinski definition) is 4. The smallest absolute Gasteiger partial charge is 0.253 e. The van der Waals surface area contributed by atoms with Crippen molar-refractivity contribution >= 4 is 58.5 Å². The summed E-state index contributed by atoms with van der Waals surface area (Å²) < 4.78 is 5.69. The molecule has 13 nitrogen and oxygen atoms in total. The molecule has 1 fully saturated rings. The Balaban J connectivity index is 1.61. The van der Waals surface area contributed by atoms with E-state index in [4.69, 9.17) is 33.5 Å². The summed E-state index contributed by atoms with van der Waals surface area (Å²) in [4.78, 5) is 42.3. The van der Waals surface area contributed by atoms with Crippen LogP contribution in [-0.2, 0) is 16.1 Å². The number of hydrogen-bond acceptors (Lipinski definition) is 9. The summed E-state index contributed by atoms with van der Waals surface area (Å²) in [7, 11) is 18.2. The van der Waals surface area contributed by atoms with E-state index in [1.165, 1.54) is 24.2 Å². The van der Waals surface area contributed by atoms with Crippen LogP contribution in [0.25, 0.3) is 11.3 Å². The summed E-state index contributed by atoms with van der Waals surface area (Å²) in [5.74, 6) is -0.664. The summed E-state index contributed by atoms with van der Waals surface area (Å²) >= 11 is 0.